The van der Waals surface area contributed by atoms with Crippen LogP contribution >= 0.6 is 0 Å². The lowest BCUT2D eigenvalue weighted by Gasteiger charge is -2.35. The first-order valence-electron chi connectivity index (χ1n) is 7.60. The van der Waals surface area contributed by atoms with E-state index < -0.39 is 17.5 Å². The summed E-state index contributed by atoms with van der Waals surface area (Å²) in [6.45, 7) is 5.07. The Bertz CT molecular complexity index is 617. The van der Waals surface area contributed by atoms with Crippen LogP contribution in [0, 0.1) is 13.8 Å². The van der Waals surface area contributed by atoms with E-state index in [1.807, 2.05) is 32.0 Å². The van der Waals surface area contributed by atoms with Crippen molar-refractivity contribution in [1.29, 1.82) is 0 Å². The van der Waals surface area contributed by atoms with Crippen LogP contribution in [0.15, 0.2) is 18.2 Å². The third-order valence-electron chi connectivity index (χ3n) is 4.78. The Labute approximate surface area is 130 Å². The topological polar surface area (TPSA) is 55.8 Å². The van der Waals surface area contributed by atoms with Crippen LogP contribution in [-0.4, -0.2) is 42.6 Å². The van der Waals surface area contributed by atoms with Gasteiger partial charge in [-0.3, -0.25) is 9.59 Å². The SMILES string of the molecule is CON1CCC2(CC1)OC(=O)C(c1cc(C)ccc1C)C2=O. The number of ether oxygens (including phenoxy) is 1. The molecule has 22 heavy (non-hydrogen) atoms. The average molecular weight is 303 g/mol. The first-order chi connectivity index (χ1) is 10.5. The number of carbonyl (C=O) groups is 2. The zero-order valence-corrected chi connectivity index (χ0v) is 13.2. The van der Waals surface area contributed by atoms with Gasteiger partial charge in [0.05, 0.1) is 7.11 Å². The van der Waals surface area contributed by atoms with E-state index in [2.05, 4.69) is 0 Å². The van der Waals surface area contributed by atoms with Gasteiger partial charge in [-0.1, -0.05) is 23.8 Å². The third-order valence-corrected chi connectivity index (χ3v) is 4.78. The largest absolute Gasteiger partial charge is 0.450 e. The van der Waals surface area contributed by atoms with Crippen LogP contribution in [0.1, 0.15) is 35.4 Å². The molecule has 1 spiro atoms. The summed E-state index contributed by atoms with van der Waals surface area (Å²) in [5.74, 6) is -1.29. The average Bonchev–Trinajstić information content (AvgIpc) is 2.74. The van der Waals surface area contributed by atoms with Crippen molar-refractivity contribution < 1.29 is 19.2 Å². The lowest BCUT2D eigenvalue weighted by atomic mass is 9.81. The van der Waals surface area contributed by atoms with E-state index >= 15 is 0 Å². The number of benzene rings is 1. The number of hydroxylamine groups is 2. The molecule has 1 aromatic rings. The molecule has 5 nitrogen and oxygen atoms in total. The molecule has 1 aromatic carbocycles. The predicted octanol–water partition coefficient (Wildman–Crippen LogP) is 1.91. The van der Waals surface area contributed by atoms with Gasteiger partial charge in [0.25, 0.3) is 0 Å². The molecule has 2 aliphatic rings. The predicted molar refractivity (Wildman–Crippen MR) is 80.3 cm³/mol. The van der Waals surface area contributed by atoms with Crippen molar-refractivity contribution in [3.63, 3.8) is 0 Å². The minimum absolute atomic E-state index is 0.0954. The Kier molecular flexibility index (Phi) is 3.78. The number of hydrogen-bond acceptors (Lipinski definition) is 5. The zero-order valence-electron chi connectivity index (χ0n) is 13.2. The fraction of sp³-hybridized carbons (Fsp3) is 0.529. The number of hydrogen-bond donors (Lipinski definition) is 0. The summed E-state index contributed by atoms with van der Waals surface area (Å²) in [5, 5.41) is 1.79. The molecule has 2 heterocycles. The van der Waals surface area contributed by atoms with Crippen molar-refractivity contribution in [3.05, 3.63) is 34.9 Å². The maximum atomic E-state index is 12.9. The van der Waals surface area contributed by atoms with Gasteiger partial charge in [0.1, 0.15) is 5.92 Å². The second-order valence-corrected chi connectivity index (χ2v) is 6.18. The van der Waals surface area contributed by atoms with E-state index in [1.54, 1.807) is 12.2 Å². The summed E-state index contributed by atoms with van der Waals surface area (Å²) < 4.78 is 5.59. The van der Waals surface area contributed by atoms with Gasteiger partial charge in [-0.2, -0.15) is 5.06 Å². The monoisotopic (exact) mass is 303 g/mol. The van der Waals surface area contributed by atoms with E-state index in [0.717, 1.165) is 16.7 Å². The van der Waals surface area contributed by atoms with Gasteiger partial charge in [0, 0.05) is 25.9 Å². The van der Waals surface area contributed by atoms with E-state index in [4.69, 9.17) is 9.57 Å². The highest BCUT2D eigenvalue weighted by Gasteiger charge is 2.56. The lowest BCUT2D eigenvalue weighted by Crippen LogP contribution is -2.48. The second-order valence-electron chi connectivity index (χ2n) is 6.18. The van der Waals surface area contributed by atoms with E-state index in [9.17, 15) is 9.59 Å². The number of rotatable bonds is 2. The highest BCUT2D eigenvalue weighted by molar-refractivity contribution is 6.13. The normalized spacial score (nSPS) is 24.8. The quantitative estimate of drug-likeness (QED) is 0.617. The summed E-state index contributed by atoms with van der Waals surface area (Å²) in [6, 6.07) is 5.85. The van der Waals surface area contributed by atoms with Crippen molar-refractivity contribution in [1.82, 2.24) is 5.06 Å². The maximum Gasteiger partial charge on any atom is 0.322 e. The van der Waals surface area contributed by atoms with Crippen molar-refractivity contribution in [2.24, 2.45) is 0 Å². The van der Waals surface area contributed by atoms with Crippen LogP contribution in [-0.2, 0) is 19.2 Å². The molecule has 0 aliphatic carbocycles. The number of ketones is 1. The van der Waals surface area contributed by atoms with Gasteiger partial charge in [-0.25, -0.2) is 0 Å². The Morgan fingerprint density at radius 2 is 1.91 bits per heavy atom. The molecule has 118 valence electrons. The molecule has 0 bridgehead atoms. The van der Waals surface area contributed by atoms with Gasteiger partial charge in [0.15, 0.2) is 11.4 Å². The fourth-order valence-electron chi connectivity index (χ4n) is 3.39. The second kappa shape index (κ2) is 5.48. The van der Waals surface area contributed by atoms with Crippen LogP contribution in [0.3, 0.4) is 0 Å². The Morgan fingerprint density at radius 1 is 1.23 bits per heavy atom. The highest BCUT2D eigenvalue weighted by Crippen LogP contribution is 2.41. The smallest absolute Gasteiger partial charge is 0.322 e. The summed E-state index contributed by atoms with van der Waals surface area (Å²) in [6.07, 6.45) is 0.986. The van der Waals surface area contributed by atoms with Crippen molar-refractivity contribution in [2.75, 3.05) is 20.2 Å². The standard InChI is InChI=1S/C17H21NO4/c1-11-4-5-12(2)13(10-11)14-15(19)17(22-16(14)20)6-8-18(21-3)9-7-17/h4-5,10,14H,6-9H2,1-3H3. The highest BCUT2D eigenvalue weighted by atomic mass is 16.7. The molecule has 5 heteroatoms. The van der Waals surface area contributed by atoms with Crippen LogP contribution < -0.4 is 0 Å². The Balaban J connectivity index is 1.91. The van der Waals surface area contributed by atoms with Crippen molar-refractivity contribution in [2.45, 2.75) is 38.2 Å². The Hall–Kier alpha value is -1.72. The van der Waals surface area contributed by atoms with Gasteiger partial charge in [0.2, 0.25) is 0 Å². The molecule has 0 amide bonds. The molecule has 2 fully saturated rings. The number of Topliss-reactive ketones (excluding diaryl/α,β-unsaturated/α-hetero) is 1. The van der Waals surface area contributed by atoms with Crippen LogP contribution in [0.2, 0.25) is 0 Å². The molecule has 0 aromatic heterocycles. The van der Waals surface area contributed by atoms with Gasteiger partial charge in [-0.15, -0.1) is 0 Å². The molecule has 0 radical (unpaired) electrons. The van der Waals surface area contributed by atoms with Crippen molar-refractivity contribution in [3.8, 4) is 0 Å². The minimum Gasteiger partial charge on any atom is -0.450 e. The number of carbonyl (C=O) groups excluding carboxylic acids is 2. The number of aryl methyl sites for hydroxylation is 2. The van der Waals surface area contributed by atoms with Crippen LogP contribution in [0.5, 0.6) is 0 Å². The van der Waals surface area contributed by atoms with E-state index in [-0.39, 0.29) is 5.78 Å². The van der Waals surface area contributed by atoms with Gasteiger partial charge < -0.3 is 9.57 Å². The maximum absolute atomic E-state index is 12.9. The number of esters is 1. The lowest BCUT2D eigenvalue weighted by molar-refractivity contribution is -0.184. The minimum atomic E-state index is -0.965. The summed E-state index contributed by atoms with van der Waals surface area (Å²) in [7, 11) is 1.61. The fourth-order valence-corrected chi connectivity index (χ4v) is 3.39. The zero-order chi connectivity index (χ0) is 15.9. The summed E-state index contributed by atoms with van der Waals surface area (Å²) >= 11 is 0. The molecule has 2 aliphatic heterocycles. The first kappa shape index (κ1) is 15.2. The molecule has 0 N–H and O–H groups in total. The molecule has 0 saturated carbocycles. The van der Waals surface area contributed by atoms with Gasteiger partial charge in [-0.05, 0) is 25.0 Å². The first-order valence-corrected chi connectivity index (χ1v) is 7.60. The van der Waals surface area contributed by atoms with Gasteiger partial charge >= 0.3 is 5.97 Å². The van der Waals surface area contributed by atoms with Crippen molar-refractivity contribution >= 4 is 11.8 Å². The number of piperidine rings is 1. The van der Waals surface area contributed by atoms with Crippen LogP contribution in [0.4, 0.5) is 0 Å². The summed E-state index contributed by atoms with van der Waals surface area (Å²) in [4.78, 5) is 30.5. The Morgan fingerprint density at radius 3 is 2.55 bits per heavy atom. The molecular formula is C17H21NO4. The molecule has 1 atom stereocenters. The van der Waals surface area contributed by atoms with E-state index in [0.29, 0.717) is 25.9 Å². The summed E-state index contributed by atoms with van der Waals surface area (Å²) in [5.41, 5.74) is 1.80. The molecular weight excluding hydrogens is 282 g/mol. The molecule has 2 saturated heterocycles. The van der Waals surface area contributed by atoms with Crippen LogP contribution in [0.25, 0.3) is 0 Å². The van der Waals surface area contributed by atoms with E-state index in [1.165, 1.54) is 0 Å². The number of nitrogens with zero attached hydrogens (tertiary/aromatic N) is 1. The molecule has 3 rings (SSSR count). The third kappa shape index (κ3) is 2.34. The molecule has 1 unspecified atom stereocenters.